The maximum absolute atomic E-state index is 12.0. The zero-order valence-corrected chi connectivity index (χ0v) is 10.5. The molecule has 0 aromatic rings. The minimum absolute atomic E-state index is 0.116. The molecule has 5 nitrogen and oxygen atoms in total. The van der Waals surface area contributed by atoms with Crippen LogP contribution in [0.25, 0.3) is 0 Å². The van der Waals surface area contributed by atoms with E-state index in [1.807, 2.05) is 0 Å². The fourth-order valence-electron chi connectivity index (χ4n) is 2.07. The molecule has 1 N–H and O–H groups in total. The number of ketones is 1. The van der Waals surface area contributed by atoms with Gasteiger partial charge in [-0.25, -0.2) is 0 Å². The number of amides is 2. The Labute approximate surface area is 107 Å². The SMILES string of the molecule is C#CCCC(NC(=O)C1CCCN1C=O)C(C)=O. The summed E-state index contributed by atoms with van der Waals surface area (Å²) in [6.45, 7) is 2.02. The van der Waals surface area contributed by atoms with E-state index in [9.17, 15) is 14.4 Å². The Hall–Kier alpha value is -1.83. The highest BCUT2D eigenvalue weighted by molar-refractivity contribution is 5.90. The van der Waals surface area contributed by atoms with Crippen LogP contribution < -0.4 is 5.32 Å². The lowest BCUT2D eigenvalue weighted by atomic mass is 10.1. The number of carbonyl (C=O) groups excluding carboxylic acids is 3. The topological polar surface area (TPSA) is 66.5 Å². The predicted octanol–water partition coefficient (Wildman–Crippen LogP) is 0.0944. The van der Waals surface area contributed by atoms with Crippen LogP contribution in [-0.2, 0) is 14.4 Å². The summed E-state index contributed by atoms with van der Waals surface area (Å²) in [6, 6.07) is -1.00. The third-order valence-corrected chi connectivity index (χ3v) is 3.12. The summed E-state index contributed by atoms with van der Waals surface area (Å²) in [5, 5.41) is 2.67. The molecule has 0 aromatic heterocycles. The molecule has 1 saturated heterocycles. The van der Waals surface area contributed by atoms with Crippen molar-refractivity contribution in [2.75, 3.05) is 6.54 Å². The van der Waals surface area contributed by atoms with Gasteiger partial charge in [0.25, 0.3) is 0 Å². The molecular weight excluding hydrogens is 232 g/mol. The largest absolute Gasteiger partial charge is 0.344 e. The Kier molecular flexibility index (Phi) is 5.37. The van der Waals surface area contributed by atoms with E-state index in [1.54, 1.807) is 0 Å². The van der Waals surface area contributed by atoms with E-state index < -0.39 is 12.1 Å². The van der Waals surface area contributed by atoms with Gasteiger partial charge in [-0.2, -0.15) is 0 Å². The van der Waals surface area contributed by atoms with Crippen molar-refractivity contribution in [3.05, 3.63) is 0 Å². The molecule has 98 valence electrons. The van der Waals surface area contributed by atoms with E-state index in [0.29, 0.717) is 32.2 Å². The summed E-state index contributed by atoms with van der Waals surface area (Å²) in [7, 11) is 0. The van der Waals surface area contributed by atoms with Crippen molar-refractivity contribution < 1.29 is 14.4 Å². The molecule has 0 radical (unpaired) electrons. The molecule has 0 aromatic carbocycles. The minimum atomic E-state index is -0.553. The van der Waals surface area contributed by atoms with Gasteiger partial charge in [0.05, 0.1) is 6.04 Å². The van der Waals surface area contributed by atoms with E-state index in [2.05, 4.69) is 11.2 Å². The van der Waals surface area contributed by atoms with Crippen molar-refractivity contribution in [1.29, 1.82) is 0 Å². The fourth-order valence-corrected chi connectivity index (χ4v) is 2.07. The first-order chi connectivity index (χ1) is 8.60. The number of terminal acetylenes is 1. The average Bonchev–Trinajstić information content (AvgIpc) is 2.82. The highest BCUT2D eigenvalue weighted by Gasteiger charge is 2.31. The fraction of sp³-hybridized carbons (Fsp3) is 0.615. The number of Topliss-reactive ketones (excluding diaryl/α,β-unsaturated/α-hetero) is 1. The van der Waals surface area contributed by atoms with Crippen LogP contribution in [0.1, 0.15) is 32.6 Å². The summed E-state index contributed by atoms with van der Waals surface area (Å²) in [5.41, 5.74) is 0. The molecule has 2 unspecified atom stereocenters. The Morgan fingerprint density at radius 2 is 2.33 bits per heavy atom. The molecule has 18 heavy (non-hydrogen) atoms. The predicted molar refractivity (Wildman–Crippen MR) is 66.5 cm³/mol. The molecule has 1 fully saturated rings. The number of rotatable bonds is 6. The van der Waals surface area contributed by atoms with Crippen LogP contribution in [0.15, 0.2) is 0 Å². The number of hydrogen-bond donors (Lipinski definition) is 1. The van der Waals surface area contributed by atoms with Crippen molar-refractivity contribution in [3.63, 3.8) is 0 Å². The maximum Gasteiger partial charge on any atom is 0.243 e. The molecule has 0 spiro atoms. The minimum Gasteiger partial charge on any atom is -0.344 e. The summed E-state index contributed by atoms with van der Waals surface area (Å²) < 4.78 is 0. The number of likely N-dealkylation sites (tertiary alicyclic amines) is 1. The quantitative estimate of drug-likeness (QED) is 0.537. The lowest BCUT2D eigenvalue weighted by Crippen LogP contribution is -2.48. The van der Waals surface area contributed by atoms with Gasteiger partial charge in [0.2, 0.25) is 12.3 Å². The summed E-state index contributed by atoms with van der Waals surface area (Å²) >= 11 is 0. The maximum atomic E-state index is 12.0. The Morgan fingerprint density at radius 1 is 1.61 bits per heavy atom. The van der Waals surface area contributed by atoms with Crippen molar-refractivity contribution in [2.45, 2.75) is 44.7 Å². The second-order valence-electron chi connectivity index (χ2n) is 4.42. The van der Waals surface area contributed by atoms with Crippen LogP contribution in [0.4, 0.5) is 0 Å². The standard InChI is InChI=1S/C13H18N2O3/c1-3-4-6-11(10(2)17)14-13(18)12-7-5-8-15(12)9-16/h1,9,11-12H,4-8H2,2H3,(H,14,18). The van der Waals surface area contributed by atoms with Gasteiger partial charge in [-0.3, -0.25) is 14.4 Å². The molecule has 1 rings (SSSR count). The summed E-state index contributed by atoms with van der Waals surface area (Å²) in [4.78, 5) is 35.6. The molecule has 1 heterocycles. The van der Waals surface area contributed by atoms with Gasteiger partial charge in [-0.05, 0) is 26.2 Å². The monoisotopic (exact) mass is 250 g/mol. The smallest absolute Gasteiger partial charge is 0.243 e. The Bertz CT molecular complexity index is 373. The van der Waals surface area contributed by atoms with Crippen LogP contribution in [0.3, 0.4) is 0 Å². The third kappa shape index (κ3) is 3.59. The second kappa shape index (κ2) is 6.80. The van der Waals surface area contributed by atoms with Crippen LogP contribution >= 0.6 is 0 Å². The molecule has 0 aliphatic carbocycles. The third-order valence-electron chi connectivity index (χ3n) is 3.12. The van der Waals surface area contributed by atoms with Crippen molar-refractivity contribution in [2.24, 2.45) is 0 Å². The summed E-state index contributed by atoms with van der Waals surface area (Å²) in [5.74, 6) is 2.06. The van der Waals surface area contributed by atoms with Gasteiger partial charge in [0.1, 0.15) is 6.04 Å². The number of nitrogens with one attached hydrogen (secondary N) is 1. The zero-order chi connectivity index (χ0) is 13.5. The lowest BCUT2D eigenvalue weighted by molar-refractivity contribution is -0.133. The Balaban J connectivity index is 2.58. The molecule has 1 aliphatic heterocycles. The van der Waals surface area contributed by atoms with E-state index in [1.165, 1.54) is 11.8 Å². The van der Waals surface area contributed by atoms with E-state index in [-0.39, 0.29) is 11.7 Å². The number of nitrogens with zero attached hydrogens (tertiary/aromatic N) is 1. The molecule has 2 atom stereocenters. The molecule has 0 bridgehead atoms. The summed E-state index contributed by atoms with van der Waals surface area (Å²) in [6.07, 6.45) is 8.15. The van der Waals surface area contributed by atoms with Gasteiger partial charge in [0, 0.05) is 13.0 Å². The van der Waals surface area contributed by atoms with Crippen LogP contribution in [-0.4, -0.2) is 41.6 Å². The lowest BCUT2D eigenvalue weighted by Gasteiger charge is -2.22. The second-order valence-corrected chi connectivity index (χ2v) is 4.42. The highest BCUT2D eigenvalue weighted by atomic mass is 16.2. The van der Waals surface area contributed by atoms with Gasteiger partial charge < -0.3 is 10.2 Å². The van der Waals surface area contributed by atoms with Gasteiger partial charge in [0.15, 0.2) is 5.78 Å². The van der Waals surface area contributed by atoms with Gasteiger partial charge in [-0.15, -0.1) is 12.3 Å². The number of hydrogen-bond acceptors (Lipinski definition) is 3. The van der Waals surface area contributed by atoms with Crippen LogP contribution in [0, 0.1) is 12.3 Å². The van der Waals surface area contributed by atoms with Crippen molar-refractivity contribution in [1.82, 2.24) is 10.2 Å². The van der Waals surface area contributed by atoms with Gasteiger partial charge in [-0.1, -0.05) is 0 Å². The van der Waals surface area contributed by atoms with Gasteiger partial charge >= 0.3 is 0 Å². The first-order valence-electron chi connectivity index (χ1n) is 6.05. The van der Waals surface area contributed by atoms with Crippen LogP contribution in [0.5, 0.6) is 0 Å². The van der Waals surface area contributed by atoms with Crippen molar-refractivity contribution in [3.8, 4) is 12.3 Å². The zero-order valence-electron chi connectivity index (χ0n) is 10.5. The van der Waals surface area contributed by atoms with E-state index in [0.717, 1.165) is 6.42 Å². The average molecular weight is 250 g/mol. The molecule has 0 saturated carbocycles. The van der Waals surface area contributed by atoms with E-state index >= 15 is 0 Å². The normalized spacial score (nSPS) is 20.0. The first kappa shape index (κ1) is 14.2. The number of carbonyl (C=O) groups is 3. The first-order valence-corrected chi connectivity index (χ1v) is 6.05. The molecular formula is C13H18N2O3. The highest BCUT2D eigenvalue weighted by Crippen LogP contribution is 2.15. The molecule has 2 amide bonds. The van der Waals surface area contributed by atoms with E-state index in [4.69, 9.17) is 6.42 Å². The van der Waals surface area contributed by atoms with Crippen LogP contribution in [0.2, 0.25) is 0 Å². The van der Waals surface area contributed by atoms with Crippen molar-refractivity contribution >= 4 is 18.1 Å². The molecule has 1 aliphatic rings. The molecule has 5 heteroatoms. The Morgan fingerprint density at radius 3 is 2.89 bits per heavy atom.